The highest BCUT2D eigenvalue weighted by atomic mass is 15.2. The van der Waals surface area contributed by atoms with Gasteiger partial charge in [0.1, 0.15) is 0 Å². The number of hydrogen-bond acceptors (Lipinski definition) is 1. The van der Waals surface area contributed by atoms with E-state index in [0.717, 1.165) is 13.1 Å². The highest BCUT2D eigenvalue weighted by Gasteiger charge is 2.19. The lowest BCUT2D eigenvalue weighted by Gasteiger charge is -2.18. The van der Waals surface area contributed by atoms with E-state index >= 15 is 0 Å². The number of hydrogen-bond donors (Lipinski definition) is 0. The Labute approximate surface area is 75.4 Å². The van der Waals surface area contributed by atoms with Gasteiger partial charge in [-0.15, -0.1) is 0 Å². The van der Waals surface area contributed by atoms with Crippen molar-refractivity contribution in [3.8, 4) is 0 Å². The van der Waals surface area contributed by atoms with Gasteiger partial charge < -0.3 is 0 Å². The van der Waals surface area contributed by atoms with E-state index in [0.29, 0.717) is 12.1 Å². The average Bonchev–Trinajstić information content (AvgIpc) is 2.46. The van der Waals surface area contributed by atoms with Gasteiger partial charge in [0, 0.05) is 19.1 Å². The quantitative estimate of drug-likeness (QED) is 0.614. The molecule has 2 rings (SSSR count). The summed E-state index contributed by atoms with van der Waals surface area (Å²) in [6, 6.07) is 7.17. The largest absolute Gasteiger partial charge is 0.292 e. The van der Waals surface area contributed by atoms with Crippen LogP contribution in [0.2, 0.25) is 0 Å². The predicted octanol–water partition coefficient (Wildman–Crippen LogP) is 2.41. The summed E-state index contributed by atoms with van der Waals surface area (Å²) in [6.45, 7) is 6.49. The van der Waals surface area contributed by atoms with E-state index < -0.39 is 0 Å². The third-order valence-electron chi connectivity index (χ3n) is 2.53. The fourth-order valence-electron chi connectivity index (χ4n) is 1.66. The van der Waals surface area contributed by atoms with Crippen molar-refractivity contribution < 1.29 is 1.37 Å². The minimum atomic E-state index is 0.599. The number of nitrogens with zero attached hydrogens (tertiary/aromatic N) is 1. The second-order valence-electron chi connectivity index (χ2n) is 3.69. The van der Waals surface area contributed by atoms with Crippen molar-refractivity contribution in [2.24, 2.45) is 0 Å². The van der Waals surface area contributed by atoms with Gasteiger partial charge in [-0.05, 0) is 25.0 Å². The maximum atomic E-state index is 7.52. The summed E-state index contributed by atoms with van der Waals surface area (Å²) in [5.41, 5.74) is 2.73. The third kappa shape index (κ3) is 1.25. The Kier molecular flexibility index (Phi) is 1.62. The molecule has 0 N–H and O–H groups in total. The summed E-state index contributed by atoms with van der Waals surface area (Å²) in [4.78, 5) is 2.42. The zero-order valence-corrected chi connectivity index (χ0v) is 7.67. The monoisotopic (exact) mass is 163 g/mol. The van der Waals surface area contributed by atoms with Crippen molar-refractivity contribution in [2.75, 3.05) is 0 Å². The maximum Gasteiger partial charge on any atom is 0.0623 e. The van der Waals surface area contributed by atoms with Crippen molar-refractivity contribution >= 4 is 0 Å². The van der Waals surface area contributed by atoms with Crippen LogP contribution < -0.4 is 0 Å². The molecule has 1 aliphatic heterocycles. The van der Waals surface area contributed by atoms with Crippen LogP contribution in [-0.4, -0.2) is 10.9 Å². The van der Waals surface area contributed by atoms with E-state index in [1.165, 1.54) is 11.1 Å². The maximum absolute atomic E-state index is 7.52. The summed E-state index contributed by atoms with van der Waals surface area (Å²) < 4.78 is 7.52. The smallest absolute Gasteiger partial charge is 0.0623 e. The molecule has 1 heterocycles. The SMILES string of the molecule is [3H]c1ccc2c(c1)CN(C(C)C)C2. The fourth-order valence-corrected chi connectivity index (χ4v) is 1.66. The second kappa shape index (κ2) is 2.91. The molecule has 12 heavy (non-hydrogen) atoms. The Morgan fingerprint density at radius 2 is 2.00 bits per heavy atom. The normalized spacial score (nSPS) is 18.1. The molecule has 0 atom stereocenters. The second-order valence-corrected chi connectivity index (χ2v) is 3.69. The molecule has 0 saturated heterocycles. The average molecular weight is 163 g/mol. The number of benzene rings is 1. The minimum Gasteiger partial charge on any atom is -0.292 e. The lowest BCUT2D eigenvalue weighted by atomic mass is 10.1. The van der Waals surface area contributed by atoms with Gasteiger partial charge in [0.15, 0.2) is 0 Å². The Bertz CT molecular complexity index is 320. The van der Waals surface area contributed by atoms with Crippen LogP contribution >= 0.6 is 0 Å². The van der Waals surface area contributed by atoms with Gasteiger partial charge in [-0.1, -0.05) is 24.2 Å². The summed E-state index contributed by atoms with van der Waals surface area (Å²) >= 11 is 0. The molecule has 0 radical (unpaired) electrons. The summed E-state index contributed by atoms with van der Waals surface area (Å²) in [6.07, 6.45) is 0. The fraction of sp³-hybridized carbons (Fsp3) is 0.455. The molecular weight excluding hydrogens is 146 g/mol. The highest BCUT2D eigenvalue weighted by Crippen LogP contribution is 2.23. The van der Waals surface area contributed by atoms with E-state index in [9.17, 15) is 0 Å². The molecule has 1 aliphatic rings. The van der Waals surface area contributed by atoms with E-state index in [1.54, 1.807) is 0 Å². The third-order valence-corrected chi connectivity index (χ3v) is 2.53. The van der Waals surface area contributed by atoms with Crippen molar-refractivity contribution in [1.82, 2.24) is 4.90 Å². The van der Waals surface area contributed by atoms with Crippen LogP contribution in [0, 0.1) is 0 Å². The van der Waals surface area contributed by atoms with Gasteiger partial charge in [-0.25, -0.2) is 0 Å². The Morgan fingerprint density at radius 3 is 2.67 bits per heavy atom. The van der Waals surface area contributed by atoms with Gasteiger partial charge in [0.25, 0.3) is 0 Å². The topological polar surface area (TPSA) is 3.24 Å². The zero-order chi connectivity index (χ0) is 9.42. The van der Waals surface area contributed by atoms with Crippen LogP contribution in [0.1, 0.15) is 26.3 Å². The molecule has 0 spiro atoms. The molecule has 0 bridgehead atoms. The minimum absolute atomic E-state index is 0.599. The van der Waals surface area contributed by atoms with E-state index in [4.69, 9.17) is 1.37 Å². The molecule has 1 heteroatoms. The molecule has 1 aromatic carbocycles. The van der Waals surface area contributed by atoms with Gasteiger partial charge in [0.2, 0.25) is 0 Å². The lowest BCUT2D eigenvalue weighted by Crippen LogP contribution is -2.24. The zero-order valence-electron chi connectivity index (χ0n) is 8.67. The molecule has 0 aromatic heterocycles. The van der Waals surface area contributed by atoms with Crippen LogP contribution in [0.4, 0.5) is 0 Å². The number of rotatable bonds is 1. The van der Waals surface area contributed by atoms with Crippen molar-refractivity contribution in [3.63, 3.8) is 0 Å². The predicted molar refractivity (Wildman–Crippen MR) is 50.8 cm³/mol. The Morgan fingerprint density at radius 1 is 1.33 bits per heavy atom. The van der Waals surface area contributed by atoms with E-state index in [1.807, 2.05) is 12.1 Å². The van der Waals surface area contributed by atoms with Gasteiger partial charge in [-0.3, -0.25) is 4.90 Å². The molecule has 0 amide bonds. The summed E-state index contributed by atoms with van der Waals surface area (Å²) in [5, 5.41) is 0. The molecule has 1 nitrogen and oxygen atoms in total. The van der Waals surface area contributed by atoms with Crippen LogP contribution in [0.15, 0.2) is 24.2 Å². The van der Waals surface area contributed by atoms with Crippen LogP contribution in [0.25, 0.3) is 0 Å². The summed E-state index contributed by atoms with van der Waals surface area (Å²) in [5.74, 6) is 0. The van der Waals surface area contributed by atoms with Gasteiger partial charge in [0.05, 0.1) is 1.37 Å². The molecule has 0 unspecified atom stereocenters. The number of fused-ring (bicyclic) bond motifs is 1. The first-order valence-electron chi connectivity index (χ1n) is 4.99. The first-order valence-corrected chi connectivity index (χ1v) is 4.49. The lowest BCUT2D eigenvalue weighted by molar-refractivity contribution is 0.227. The first kappa shape index (κ1) is 6.67. The molecular formula is C11H15N. The first-order chi connectivity index (χ1) is 6.16. The standard InChI is InChI=1S/C11H15N/c1-9(2)12-7-10-5-3-4-6-11(10)8-12/h3-6,9H,7-8H2,1-2H3/i3T. The molecule has 1 aromatic rings. The summed E-state index contributed by atoms with van der Waals surface area (Å²) in [7, 11) is 0. The van der Waals surface area contributed by atoms with Crippen LogP contribution in [0.5, 0.6) is 0 Å². The molecule has 64 valence electrons. The van der Waals surface area contributed by atoms with Crippen molar-refractivity contribution in [1.29, 1.82) is 0 Å². The molecule has 0 saturated carbocycles. The van der Waals surface area contributed by atoms with Crippen LogP contribution in [0.3, 0.4) is 0 Å². The Balaban J connectivity index is 2.25. The highest BCUT2D eigenvalue weighted by molar-refractivity contribution is 5.30. The molecule has 0 aliphatic carbocycles. The van der Waals surface area contributed by atoms with E-state index in [-0.39, 0.29) is 0 Å². The molecule has 0 fully saturated rings. The van der Waals surface area contributed by atoms with Crippen molar-refractivity contribution in [3.05, 3.63) is 35.4 Å². The van der Waals surface area contributed by atoms with Gasteiger partial charge >= 0.3 is 0 Å². The Hall–Kier alpha value is -0.820. The van der Waals surface area contributed by atoms with Gasteiger partial charge in [-0.2, -0.15) is 0 Å². The van der Waals surface area contributed by atoms with Crippen molar-refractivity contribution in [2.45, 2.75) is 33.0 Å². The van der Waals surface area contributed by atoms with Crippen LogP contribution in [-0.2, 0) is 13.1 Å². The van der Waals surface area contributed by atoms with E-state index in [2.05, 4.69) is 24.8 Å².